The number of benzene rings is 2. The highest BCUT2D eigenvalue weighted by Crippen LogP contribution is 2.32. The number of carbonyl (C=O) groups is 1. The highest BCUT2D eigenvalue weighted by molar-refractivity contribution is 9.10. The third-order valence-electron chi connectivity index (χ3n) is 4.33. The Morgan fingerprint density at radius 1 is 1.28 bits per heavy atom. The largest absolute Gasteiger partial charge is 0.482 e. The molecule has 0 saturated heterocycles. The van der Waals surface area contributed by atoms with Crippen LogP contribution in [0.4, 0.5) is 0 Å². The van der Waals surface area contributed by atoms with Crippen LogP contribution in [0.25, 0.3) is 10.9 Å². The predicted octanol–water partition coefficient (Wildman–Crippen LogP) is 4.73. The van der Waals surface area contributed by atoms with Crippen molar-refractivity contribution in [2.75, 3.05) is 13.2 Å². The van der Waals surface area contributed by atoms with E-state index in [-0.39, 0.29) is 24.6 Å². The summed E-state index contributed by atoms with van der Waals surface area (Å²) in [6.45, 7) is 4.07. The van der Waals surface area contributed by atoms with Gasteiger partial charge in [0.1, 0.15) is 11.6 Å². The minimum absolute atomic E-state index is 0.142. The Kier molecular flexibility index (Phi) is 6.82. The van der Waals surface area contributed by atoms with E-state index in [1.807, 2.05) is 19.9 Å². The van der Waals surface area contributed by atoms with E-state index in [0.717, 1.165) is 10.0 Å². The van der Waals surface area contributed by atoms with Gasteiger partial charge in [-0.15, -0.1) is 0 Å². The Bertz CT molecular complexity index is 1110. The second-order valence-corrected chi connectivity index (χ2v) is 8.16. The molecule has 29 heavy (non-hydrogen) atoms. The number of nitrogens with zero attached hydrogens (tertiary/aromatic N) is 2. The summed E-state index contributed by atoms with van der Waals surface area (Å²) < 4.78 is 6.49. The maximum absolute atomic E-state index is 12.7. The molecule has 2 aromatic carbocycles. The molecule has 0 radical (unpaired) electrons. The second-order valence-electron chi connectivity index (χ2n) is 6.40. The highest BCUT2D eigenvalue weighted by atomic mass is 79.9. The number of amides is 1. The molecule has 1 N–H and O–H groups in total. The van der Waals surface area contributed by atoms with Gasteiger partial charge in [-0.3, -0.25) is 9.59 Å². The van der Waals surface area contributed by atoms with Gasteiger partial charge in [0.15, 0.2) is 6.61 Å². The summed E-state index contributed by atoms with van der Waals surface area (Å²) in [5.41, 5.74) is 1.02. The smallest absolute Gasteiger partial charge is 0.260 e. The van der Waals surface area contributed by atoms with E-state index in [2.05, 4.69) is 25.9 Å². The Balaban J connectivity index is 1.75. The number of aromatic nitrogens is 2. The summed E-state index contributed by atoms with van der Waals surface area (Å²) in [4.78, 5) is 33.6. The monoisotopic (exact) mass is 497 g/mol. The lowest BCUT2D eigenvalue weighted by Crippen LogP contribution is -2.35. The van der Waals surface area contributed by atoms with E-state index in [4.69, 9.17) is 27.9 Å². The van der Waals surface area contributed by atoms with Gasteiger partial charge in [0.25, 0.3) is 11.5 Å². The summed E-state index contributed by atoms with van der Waals surface area (Å²) >= 11 is 15.6. The van der Waals surface area contributed by atoms with E-state index in [1.54, 1.807) is 24.3 Å². The Morgan fingerprint density at radius 3 is 2.72 bits per heavy atom. The van der Waals surface area contributed by atoms with Gasteiger partial charge in [0, 0.05) is 16.0 Å². The zero-order valence-electron chi connectivity index (χ0n) is 15.8. The number of hydrogen-bond acceptors (Lipinski definition) is 4. The molecule has 1 heterocycles. The minimum atomic E-state index is -0.279. The van der Waals surface area contributed by atoms with Gasteiger partial charge in [-0.2, -0.15) is 0 Å². The standard InChI is InChI=1S/C20H18BrCl2N3O3/c1-3-26(18(27)10-29-19-11(2)6-12(21)7-15(19)23)9-17-24-16-8-13(22)4-5-14(16)20(28)25-17/h4-8H,3,9-10H2,1-2H3,(H,24,25,28). The number of fused-ring (bicyclic) bond motifs is 1. The average molecular weight is 499 g/mol. The summed E-state index contributed by atoms with van der Waals surface area (Å²) in [5.74, 6) is 0.587. The summed E-state index contributed by atoms with van der Waals surface area (Å²) in [5, 5.41) is 1.35. The van der Waals surface area contributed by atoms with Crippen molar-refractivity contribution in [1.29, 1.82) is 0 Å². The lowest BCUT2D eigenvalue weighted by molar-refractivity contribution is -0.133. The van der Waals surface area contributed by atoms with Crippen LogP contribution in [0.15, 0.2) is 39.6 Å². The zero-order valence-corrected chi connectivity index (χ0v) is 18.9. The molecular weight excluding hydrogens is 481 g/mol. The van der Waals surface area contributed by atoms with Crippen LogP contribution in [0.5, 0.6) is 5.75 Å². The molecule has 152 valence electrons. The number of likely N-dealkylation sites (N-methyl/N-ethyl adjacent to an activating group) is 1. The topological polar surface area (TPSA) is 75.3 Å². The van der Waals surface area contributed by atoms with Crippen molar-refractivity contribution in [3.8, 4) is 5.75 Å². The zero-order chi connectivity index (χ0) is 21.1. The van der Waals surface area contributed by atoms with Crippen LogP contribution in [0.3, 0.4) is 0 Å². The first-order valence-electron chi connectivity index (χ1n) is 8.83. The maximum Gasteiger partial charge on any atom is 0.260 e. The molecule has 0 aliphatic carbocycles. The van der Waals surface area contributed by atoms with E-state index in [1.165, 1.54) is 4.90 Å². The number of ether oxygens (including phenoxy) is 1. The van der Waals surface area contributed by atoms with E-state index in [9.17, 15) is 9.59 Å². The Hall–Kier alpha value is -2.09. The van der Waals surface area contributed by atoms with Gasteiger partial charge in [-0.05, 0) is 49.7 Å². The van der Waals surface area contributed by atoms with E-state index >= 15 is 0 Å². The molecule has 0 spiro atoms. The number of aromatic amines is 1. The Labute approximate surface area is 185 Å². The van der Waals surface area contributed by atoms with Crippen molar-refractivity contribution in [3.05, 3.63) is 66.6 Å². The molecule has 9 heteroatoms. The van der Waals surface area contributed by atoms with E-state index < -0.39 is 0 Å². The number of rotatable bonds is 6. The molecule has 6 nitrogen and oxygen atoms in total. The molecule has 0 saturated carbocycles. The fraction of sp³-hybridized carbons (Fsp3) is 0.250. The van der Waals surface area contributed by atoms with Crippen molar-refractivity contribution < 1.29 is 9.53 Å². The first kappa shape index (κ1) is 21.6. The number of halogens is 3. The summed E-state index contributed by atoms with van der Waals surface area (Å²) in [6, 6.07) is 8.44. The Morgan fingerprint density at radius 2 is 2.03 bits per heavy atom. The van der Waals surface area contributed by atoms with Gasteiger partial charge in [-0.1, -0.05) is 39.1 Å². The molecule has 0 bridgehead atoms. The van der Waals surface area contributed by atoms with Gasteiger partial charge >= 0.3 is 0 Å². The van der Waals surface area contributed by atoms with Crippen LogP contribution in [-0.4, -0.2) is 33.9 Å². The van der Waals surface area contributed by atoms with E-state index in [0.29, 0.717) is 39.1 Å². The van der Waals surface area contributed by atoms with Crippen molar-refractivity contribution in [2.45, 2.75) is 20.4 Å². The van der Waals surface area contributed by atoms with Crippen LogP contribution < -0.4 is 10.3 Å². The third kappa shape index (κ3) is 5.10. The normalized spacial score (nSPS) is 10.9. The molecule has 0 unspecified atom stereocenters. The number of hydrogen-bond donors (Lipinski definition) is 1. The summed E-state index contributed by atoms with van der Waals surface area (Å²) in [7, 11) is 0. The maximum atomic E-state index is 12.7. The molecular formula is C20H18BrCl2N3O3. The molecule has 0 fully saturated rings. The van der Waals surface area contributed by atoms with Crippen LogP contribution in [0.1, 0.15) is 18.3 Å². The molecule has 0 atom stereocenters. The quantitative estimate of drug-likeness (QED) is 0.533. The molecule has 1 aromatic heterocycles. The first-order chi connectivity index (χ1) is 13.8. The van der Waals surface area contributed by atoms with Gasteiger partial charge in [0.05, 0.1) is 22.5 Å². The average Bonchev–Trinajstić information content (AvgIpc) is 2.64. The van der Waals surface area contributed by atoms with Crippen LogP contribution in [0, 0.1) is 6.92 Å². The fourth-order valence-corrected chi connectivity index (χ4v) is 4.08. The number of carbonyl (C=O) groups excluding carboxylic acids is 1. The van der Waals surface area contributed by atoms with Crippen molar-refractivity contribution in [2.24, 2.45) is 0 Å². The lowest BCUT2D eigenvalue weighted by atomic mass is 10.2. The summed E-state index contributed by atoms with van der Waals surface area (Å²) in [6.07, 6.45) is 0. The highest BCUT2D eigenvalue weighted by Gasteiger charge is 2.17. The minimum Gasteiger partial charge on any atom is -0.482 e. The number of H-pyrrole nitrogens is 1. The van der Waals surface area contributed by atoms with Crippen LogP contribution in [-0.2, 0) is 11.3 Å². The predicted molar refractivity (Wildman–Crippen MR) is 118 cm³/mol. The van der Waals surface area contributed by atoms with Crippen molar-refractivity contribution in [3.63, 3.8) is 0 Å². The fourth-order valence-electron chi connectivity index (χ4n) is 2.89. The van der Waals surface area contributed by atoms with Crippen molar-refractivity contribution >= 4 is 55.9 Å². The van der Waals surface area contributed by atoms with Gasteiger partial charge in [-0.25, -0.2) is 4.98 Å². The molecule has 0 aliphatic rings. The molecule has 0 aliphatic heterocycles. The molecule has 3 rings (SSSR count). The van der Waals surface area contributed by atoms with Crippen LogP contribution >= 0.6 is 39.1 Å². The van der Waals surface area contributed by atoms with Gasteiger partial charge in [0.2, 0.25) is 0 Å². The lowest BCUT2D eigenvalue weighted by Gasteiger charge is -2.21. The first-order valence-corrected chi connectivity index (χ1v) is 10.4. The van der Waals surface area contributed by atoms with Gasteiger partial charge < -0.3 is 14.6 Å². The molecule has 3 aromatic rings. The van der Waals surface area contributed by atoms with Crippen molar-refractivity contribution in [1.82, 2.24) is 14.9 Å². The third-order valence-corrected chi connectivity index (χ3v) is 5.30. The SMILES string of the molecule is CCN(Cc1nc2cc(Cl)ccc2c(=O)[nH]1)C(=O)COc1c(C)cc(Br)cc1Cl. The molecule has 1 amide bonds. The second kappa shape index (κ2) is 9.15. The number of aryl methyl sites for hydroxylation is 1. The number of nitrogens with one attached hydrogen (secondary N) is 1. The van der Waals surface area contributed by atoms with Crippen LogP contribution in [0.2, 0.25) is 10.0 Å².